The molecular weight excluding hydrogens is 270 g/mol. The lowest BCUT2D eigenvalue weighted by Crippen LogP contribution is -2.52. The zero-order chi connectivity index (χ0) is 15.5. The van der Waals surface area contributed by atoms with Gasteiger partial charge in [0.05, 0.1) is 5.60 Å². The van der Waals surface area contributed by atoms with E-state index in [0.717, 1.165) is 13.1 Å². The summed E-state index contributed by atoms with van der Waals surface area (Å²) >= 11 is 0. The summed E-state index contributed by atoms with van der Waals surface area (Å²) in [5.41, 5.74) is -0.342. The van der Waals surface area contributed by atoms with Gasteiger partial charge in [0.25, 0.3) is 5.91 Å². The van der Waals surface area contributed by atoms with Crippen LogP contribution in [0.5, 0.6) is 0 Å². The maximum absolute atomic E-state index is 12.3. The Balaban J connectivity index is 1.90. The SMILES string of the molecule is CNc1ccc(C(=O)N2CCN(CC(C)(C)O)CC2)nn1. The number of carbonyl (C=O) groups is 1. The second-order valence-corrected chi connectivity index (χ2v) is 5.93. The third kappa shape index (κ3) is 4.37. The van der Waals surface area contributed by atoms with Gasteiger partial charge in [-0.3, -0.25) is 9.69 Å². The van der Waals surface area contributed by atoms with Gasteiger partial charge in [-0.05, 0) is 26.0 Å². The molecule has 0 bridgehead atoms. The lowest BCUT2D eigenvalue weighted by molar-refractivity contribution is 0.0177. The number of piperazine rings is 1. The van der Waals surface area contributed by atoms with Gasteiger partial charge in [0.1, 0.15) is 5.82 Å². The van der Waals surface area contributed by atoms with E-state index in [2.05, 4.69) is 20.4 Å². The predicted molar refractivity (Wildman–Crippen MR) is 80.2 cm³/mol. The summed E-state index contributed by atoms with van der Waals surface area (Å²) in [6.45, 7) is 7.02. The van der Waals surface area contributed by atoms with Gasteiger partial charge in [-0.2, -0.15) is 0 Å². The van der Waals surface area contributed by atoms with Crippen LogP contribution in [-0.2, 0) is 0 Å². The van der Waals surface area contributed by atoms with Crippen molar-refractivity contribution < 1.29 is 9.90 Å². The molecule has 0 aromatic carbocycles. The van der Waals surface area contributed by atoms with Crippen molar-refractivity contribution in [3.8, 4) is 0 Å². The lowest BCUT2D eigenvalue weighted by Gasteiger charge is -2.37. The van der Waals surface area contributed by atoms with E-state index in [4.69, 9.17) is 0 Å². The molecule has 7 nitrogen and oxygen atoms in total. The van der Waals surface area contributed by atoms with Gasteiger partial charge in [-0.15, -0.1) is 10.2 Å². The molecule has 116 valence electrons. The van der Waals surface area contributed by atoms with Crippen LogP contribution in [0.2, 0.25) is 0 Å². The van der Waals surface area contributed by atoms with E-state index < -0.39 is 5.60 Å². The summed E-state index contributed by atoms with van der Waals surface area (Å²) in [6.07, 6.45) is 0. The Kier molecular flexibility index (Phi) is 4.74. The summed E-state index contributed by atoms with van der Waals surface area (Å²) in [5.74, 6) is 0.551. The summed E-state index contributed by atoms with van der Waals surface area (Å²) in [4.78, 5) is 16.3. The average Bonchev–Trinajstić information content (AvgIpc) is 2.46. The number of nitrogens with zero attached hydrogens (tertiary/aromatic N) is 4. The first-order valence-electron chi connectivity index (χ1n) is 7.14. The molecule has 1 aromatic heterocycles. The van der Waals surface area contributed by atoms with E-state index in [1.807, 2.05) is 0 Å². The number of carbonyl (C=O) groups excluding carboxylic acids is 1. The van der Waals surface area contributed by atoms with Crippen molar-refractivity contribution in [3.63, 3.8) is 0 Å². The van der Waals surface area contributed by atoms with E-state index in [9.17, 15) is 9.90 Å². The second kappa shape index (κ2) is 6.36. The van der Waals surface area contributed by atoms with E-state index in [0.29, 0.717) is 31.1 Å². The Morgan fingerprint density at radius 3 is 2.43 bits per heavy atom. The molecule has 7 heteroatoms. The normalized spacial score (nSPS) is 16.9. The number of aromatic nitrogens is 2. The van der Waals surface area contributed by atoms with Crippen LogP contribution >= 0.6 is 0 Å². The van der Waals surface area contributed by atoms with Gasteiger partial charge < -0.3 is 15.3 Å². The highest BCUT2D eigenvalue weighted by molar-refractivity contribution is 5.92. The van der Waals surface area contributed by atoms with Crippen LogP contribution < -0.4 is 5.32 Å². The molecule has 1 aliphatic heterocycles. The van der Waals surface area contributed by atoms with Crippen molar-refractivity contribution >= 4 is 11.7 Å². The van der Waals surface area contributed by atoms with Crippen LogP contribution in [-0.4, -0.2) is 76.4 Å². The second-order valence-electron chi connectivity index (χ2n) is 5.93. The molecule has 2 heterocycles. The number of aliphatic hydroxyl groups is 1. The van der Waals surface area contributed by atoms with Gasteiger partial charge in [0.15, 0.2) is 5.69 Å². The number of hydrogen-bond donors (Lipinski definition) is 2. The van der Waals surface area contributed by atoms with Gasteiger partial charge >= 0.3 is 0 Å². The Morgan fingerprint density at radius 2 is 1.95 bits per heavy atom. The zero-order valence-corrected chi connectivity index (χ0v) is 12.8. The van der Waals surface area contributed by atoms with Crippen LogP contribution in [0.15, 0.2) is 12.1 Å². The Hall–Kier alpha value is -1.73. The number of rotatable bonds is 4. The molecule has 0 radical (unpaired) electrons. The van der Waals surface area contributed by atoms with Crippen molar-refractivity contribution in [3.05, 3.63) is 17.8 Å². The van der Waals surface area contributed by atoms with Crippen LogP contribution in [0.25, 0.3) is 0 Å². The Labute approximate surface area is 125 Å². The molecule has 1 amide bonds. The molecule has 0 spiro atoms. The maximum atomic E-state index is 12.3. The molecule has 0 saturated carbocycles. The minimum Gasteiger partial charge on any atom is -0.389 e. The van der Waals surface area contributed by atoms with Crippen molar-refractivity contribution in [2.45, 2.75) is 19.4 Å². The lowest BCUT2D eigenvalue weighted by atomic mass is 10.1. The Bertz CT molecular complexity index is 475. The summed E-state index contributed by atoms with van der Waals surface area (Å²) < 4.78 is 0. The molecular formula is C14H23N5O2. The standard InChI is InChI=1S/C14H23N5O2/c1-14(2,21)10-18-6-8-19(9-7-18)13(20)11-4-5-12(15-3)17-16-11/h4-5,21H,6-10H2,1-3H3,(H,15,17). The van der Waals surface area contributed by atoms with Gasteiger partial charge in [0, 0.05) is 39.8 Å². The molecule has 2 N–H and O–H groups in total. The molecule has 1 aliphatic rings. The topological polar surface area (TPSA) is 81.6 Å². The van der Waals surface area contributed by atoms with Gasteiger partial charge in [-0.1, -0.05) is 0 Å². The van der Waals surface area contributed by atoms with Crippen molar-refractivity contribution in [2.75, 3.05) is 45.1 Å². The van der Waals surface area contributed by atoms with Crippen LogP contribution in [0.1, 0.15) is 24.3 Å². The van der Waals surface area contributed by atoms with E-state index in [1.165, 1.54) is 0 Å². The summed E-state index contributed by atoms with van der Waals surface area (Å²) in [6, 6.07) is 3.43. The van der Waals surface area contributed by atoms with Crippen LogP contribution in [0, 0.1) is 0 Å². The monoisotopic (exact) mass is 293 g/mol. The Morgan fingerprint density at radius 1 is 1.29 bits per heavy atom. The highest BCUT2D eigenvalue weighted by atomic mass is 16.3. The zero-order valence-electron chi connectivity index (χ0n) is 12.8. The minimum atomic E-state index is -0.708. The number of β-amino-alcohol motifs (C(OH)–C–C–N with tert-alkyl or cyclic N) is 1. The average molecular weight is 293 g/mol. The fourth-order valence-corrected chi connectivity index (χ4v) is 2.40. The molecule has 1 fully saturated rings. The number of nitrogens with one attached hydrogen (secondary N) is 1. The third-order valence-corrected chi connectivity index (χ3v) is 3.41. The smallest absolute Gasteiger partial charge is 0.274 e. The summed E-state index contributed by atoms with van der Waals surface area (Å²) in [7, 11) is 1.76. The predicted octanol–water partition coefficient (Wildman–Crippen LogP) is 0.0470. The van der Waals surface area contributed by atoms with E-state index >= 15 is 0 Å². The molecule has 1 aromatic rings. The molecule has 21 heavy (non-hydrogen) atoms. The molecule has 1 saturated heterocycles. The van der Waals surface area contributed by atoms with E-state index in [-0.39, 0.29) is 5.91 Å². The first-order valence-corrected chi connectivity index (χ1v) is 7.14. The van der Waals surface area contributed by atoms with Crippen molar-refractivity contribution in [1.29, 1.82) is 0 Å². The highest BCUT2D eigenvalue weighted by Gasteiger charge is 2.26. The molecule has 0 unspecified atom stereocenters. The molecule has 2 rings (SSSR count). The van der Waals surface area contributed by atoms with Crippen LogP contribution in [0.4, 0.5) is 5.82 Å². The molecule has 0 aliphatic carbocycles. The first kappa shape index (κ1) is 15.7. The quantitative estimate of drug-likeness (QED) is 0.816. The van der Waals surface area contributed by atoms with Crippen molar-refractivity contribution in [1.82, 2.24) is 20.0 Å². The fourth-order valence-electron chi connectivity index (χ4n) is 2.40. The maximum Gasteiger partial charge on any atom is 0.274 e. The van der Waals surface area contributed by atoms with Crippen LogP contribution in [0.3, 0.4) is 0 Å². The van der Waals surface area contributed by atoms with Gasteiger partial charge in [0.2, 0.25) is 0 Å². The van der Waals surface area contributed by atoms with E-state index in [1.54, 1.807) is 37.9 Å². The number of anilines is 1. The highest BCUT2D eigenvalue weighted by Crippen LogP contribution is 2.11. The summed E-state index contributed by atoms with van der Waals surface area (Å²) in [5, 5.41) is 20.6. The fraction of sp³-hybridized carbons (Fsp3) is 0.643. The number of amides is 1. The molecule has 0 atom stereocenters. The first-order chi connectivity index (χ1) is 9.89. The minimum absolute atomic E-state index is 0.0898. The van der Waals surface area contributed by atoms with Gasteiger partial charge in [-0.25, -0.2) is 0 Å². The van der Waals surface area contributed by atoms with Crippen molar-refractivity contribution in [2.24, 2.45) is 0 Å². The number of hydrogen-bond acceptors (Lipinski definition) is 6. The third-order valence-electron chi connectivity index (χ3n) is 3.41. The largest absolute Gasteiger partial charge is 0.389 e.